The highest BCUT2D eigenvalue weighted by molar-refractivity contribution is 5.69. The number of rotatable bonds is 37. The Labute approximate surface area is 312 Å². The summed E-state index contributed by atoms with van der Waals surface area (Å²) in [5.41, 5.74) is 0. The van der Waals surface area contributed by atoms with Gasteiger partial charge in [0.15, 0.2) is 6.29 Å². The van der Waals surface area contributed by atoms with Crippen molar-refractivity contribution in [2.24, 2.45) is 0 Å². The third-order valence-electron chi connectivity index (χ3n) is 10.3. The molecule has 6 unspecified atom stereocenters. The van der Waals surface area contributed by atoms with Crippen LogP contribution in [0.2, 0.25) is 0 Å². The van der Waals surface area contributed by atoms with Gasteiger partial charge in [0.1, 0.15) is 30.5 Å². The van der Waals surface area contributed by atoms with Crippen LogP contribution in [0.15, 0.2) is 0 Å². The Kier molecular flexibility index (Phi) is 33.0. The molecule has 0 aromatic carbocycles. The van der Waals surface area contributed by atoms with Crippen molar-refractivity contribution in [2.45, 2.75) is 237 Å². The number of carbonyl (C=O) groups excluding carboxylic acids is 1. The molecule has 1 rings (SSSR count). The van der Waals surface area contributed by atoms with Crippen LogP contribution < -0.4 is 0 Å². The van der Waals surface area contributed by atoms with Crippen molar-refractivity contribution in [1.82, 2.24) is 0 Å². The van der Waals surface area contributed by atoms with Gasteiger partial charge >= 0.3 is 5.97 Å². The standard InChI is InChI=1S/C42H82O9/c1-3-5-7-9-11-13-14-15-16-17-18-19-20-21-22-23-25-27-29-31-38(44)50-36(34-48-32-30-28-26-24-12-10-8-6-4-2)35-49-42-41(47)40(46)39(45)37(33-43)51-42/h36-37,39-43,45-47H,3-35H2,1-2H3. The second kappa shape index (κ2) is 34.9. The average Bonchev–Trinajstić information content (AvgIpc) is 3.13. The van der Waals surface area contributed by atoms with Crippen molar-refractivity contribution in [2.75, 3.05) is 26.4 Å². The Morgan fingerprint density at radius 1 is 0.549 bits per heavy atom. The molecule has 9 nitrogen and oxygen atoms in total. The van der Waals surface area contributed by atoms with Gasteiger partial charge in [0, 0.05) is 13.0 Å². The number of unbranched alkanes of at least 4 members (excludes halogenated alkanes) is 26. The van der Waals surface area contributed by atoms with E-state index in [4.69, 9.17) is 18.9 Å². The molecule has 1 heterocycles. The zero-order valence-electron chi connectivity index (χ0n) is 33.1. The lowest BCUT2D eigenvalue weighted by molar-refractivity contribution is -0.305. The Morgan fingerprint density at radius 2 is 0.961 bits per heavy atom. The molecule has 0 saturated carbocycles. The van der Waals surface area contributed by atoms with Crippen LogP contribution in [0.1, 0.15) is 200 Å². The van der Waals surface area contributed by atoms with Crippen LogP contribution in [0.4, 0.5) is 0 Å². The fourth-order valence-corrected chi connectivity index (χ4v) is 6.85. The highest BCUT2D eigenvalue weighted by Gasteiger charge is 2.44. The molecule has 0 aliphatic carbocycles. The van der Waals surface area contributed by atoms with Gasteiger partial charge in [-0.05, 0) is 12.8 Å². The van der Waals surface area contributed by atoms with Crippen molar-refractivity contribution in [1.29, 1.82) is 0 Å². The second-order valence-electron chi connectivity index (χ2n) is 15.2. The van der Waals surface area contributed by atoms with Crippen LogP contribution in [0.3, 0.4) is 0 Å². The molecule has 304 valence electrons. The molecular formula is C42H82O9. The van der Waals surface area contributed by atoms with Gasteiger partial charge in [-0.25, -0.2) is 0 Å². The third-order valence-corrected chi connectivity index (χ3v) is 10.3. The molecule has 0 radical (unpaired) electrons. The fourth-order valence-electron chi connectivity index (χ4n) is 6.85. The van der Waals surface area contributed by atoms with Crippen LogP contribution >= 0.6 is 0 Å². The molecule has 1 saturated heterocycles. The molecule has 9 heteroatoms. The molecule has 0 spiro atoms. The zero-order valence-corrected chi connectivity index (χ0v) is 33.1. The molecule has 4 N–H and O–H groups in total. The molecule has 1 fully saturated rings. The van der Waals surface area contributed by atoms with Crippen LogP contribution in [0.5, 0.6) is 0 Å². The minimum Gasteiger partial charge on any atom is -0.457 e. The Morgan fingerprint density at radius 3 is 1.39 bits per heavy atom. The quantitative estimate of drug-likeness (QED) is 0.0365. The first-order chi connectivity index (χ1) is 24.9. The minimum atomic E-state index is -1.53. The van der Waals surface area contributed by atoms with Crippen molar-refractivity contribution in [3.63, 3.8) is 0 Å². The number of aliphatic hydroxyl groups is 4. The highest BCUT2D eigenvalue weighted by atomic mass is 16.7. The normalized spacial score (nSPS) is 21.3. The van der Waals surface area contributed by atoms with E-state index in [0.29, 0.717) is 13.0 Å². The van der Waals surface area contributed by atoms with E-state index in [9.17, 15) is 25.2 Å². The molecule has 0 aromatic heterocycles. The second-order valence-corrected chi connectivity index (χ2v) is 15.2. The summed E-state index contributed by atoms with van der Waals surface area (Å²) in [5.74, 6) is -0.309. The van der Waals surface area contributed by atoms with Gasteiger partial charge in [0.05, 0.1) is 19.8 Å². The van der Waals surface area contributed by atoms with E-state index < -0.39 is 43.4 Å². The van der Waals surface area contributed by atoms with Gasteiger partial charge in [0.25, 0.3) is 0 Å². The molecule has 1 aliphatic rings. The van der Waals surface area contributed by atoms with Gasteiger partial charge in [-0.3, -0.25) is 4.79 Å². The first kappa shape index (κ1) is 48.2. The molecular weight excluding hydrogens is 648 g/mol. The largest absolute Gasteiger partial charge is 0.457 e. The van der Waals surface area contributed by atoms with E-state index in [1.807, 2.05) is 0 Å². The molecule has 6 atom stereocenters. The summed E-state index contributed by atoms with van der Waals surface area (Å²) in [7, 11) is 0. The van der Waals surface area contributed by atoms with Crippen LogP contribution in [0.25, 0.3) is 0 Å². The number of carbonyl (C=O) groups is 1. The molecule has 0 aromatic rings. The van der Waals surface area contributed by atoms with E-state index in [2.05, 4.69) is 13.8 Å². The summed E-state index contributed by atoms with van der Waals surface area (Å²) in [5, 5.41) is 40.0. The molecule has 0 amide bonds. The van der Waals surface area contributed by atoms with Crippen molar-refractivity contribution >= 4 is 5.97 Å². The van der Waals surface area contributed by atoms with E-state index in [1.165, 1.54) is 148 Å². The van der Waals surface area contributed by atoms with Crippen molar-refractivity contribution in [3.8, 4) is 0 Å². The zero-order chi connectivity index (χ0) is 37.2. The predicted molar refractivity (Wildman–Crippen MR) is 206 cm³/mol. The maximum atomic E-state index is 12.7. The van der Waals surface area contributed by atoms with E-state index in [1.54, 1.807) is 0 Å². The monoisotopic (exact) mass is 731 g/mol. The van der Waals surface area contributed by atoms with Gasteiger partial charge in [0.2, 0.25) is 0 Å². The van der Waals surface area contributed by atoms with Gasteiger partial charge in [-0.2, -0.15) is 0 Å². The summed E-state index contributed by atoms with van der Waals surface area (Å²) < 4.78 is 22.7. The SMILES string of the molecule is CCCCCCCCCCCCCCCCCCCCCC(=O)OC(COCCCCCCCCCCC)COC1OC(CO)C(O)C(O)C1O. The third kappa shape index (κ3) is 26.6. The minimum absolute atomic E-state index is 0.106. The number of aliphatic hydroxyl groups excluding tert-OH is 4. The Bertz CT molecular complexity index is 752. The summed E-state index contributed by atoms with van der Waals surface area (Å²) >= 11 is 0. The number of hydrogen-bond donors (Lipinski definition) is 4. The van der Waals surface area contributed by atoms with Crippen molar-refractivity contribution < 1.29 is 44.2 Å². The predicted octanol–water partition coefficient (Wildman–Crippen LogP) is 9.08. The van der Waals surface area contributed by atoms with Gasteiger partial charge in [-0.15, -0.1) is 0 Å². The molecule has 1 aliphatic heterocycles. The summed E-state index contributed by atoms with van der Waals surface area (Å²) in [6.07, 6.45) is 28.5. The summed E-state index contributed by atoms with van der Waals surface area (Å²) in [4.78, 5) is 12.7. The Hall–Kier alpha value is -0.810. The summed E-state index contributed by atoms with van der Waals surface area (Å²) in [6, 6.07) is 0. The molecule has 0 bridgehead atoms. The van der Waals surface area contributed by atoms with Crippen LogP contribution in [-0.2, 0) is 23.7 Å². The summed E-state index contributed by atoms with van der Waals surface area (Å²) in [6.45, 7) is 4.58. The molecule has 51 heavy (non-hydrogen) atoms. The average molecular weight is 731 g/mol. The number of esters is 1. The maximum Gasteiger partial charge on any atom is 0.306 e. The first-order valence-corrected chi connectivity index (χ1v) is 21.6. The van der Waals surface area contributed by atoms with E-state index >= 15 is 0 Å². The van der Waals surface area contributed by atoms with Gasteiger partial charge in [-0.1, -0.05) is 181 Å². The van der Waals surface area contributed by atoms with Crippen LogP contribution in [0, 0.1) is 0 Å². The number of hydrogen-bond acceptors (Lipinski definition) is 9. The lowest BCUT2D eigenvalue weighted by atomic mass is 9.99. The highest BCUT2D eigenvalue weighted by Crippen LogP contribution is 2.23. The maximum absolute atomic E-state index is 12.7. The number of ether oxygens (including phenoxy) is 4. The van der Waals surface area contributed by atoms with E-state index in [-0.39, 0.29) is 19.2 Å². The van der Waals surface area contributed by atoms with Gasteiger partial charge < -0.3 is 39.4 Å². The topological polar surface area (TPSA) is 135 Å². The lowest BCUT2D eigenvalue weighted by Gasteiger charge is -2.39. The van der Waals surface area contributed by atoms with Crippen LogP contribution in [-0.4, -0.2) is 89.6 Å². The smallest absolute Gasteiger partial charge is 0.306 e. The van der Waals surface area contributed by atoms with Crippen molar-refractivity contribution in [3.05, 3.63) is 0 Å². The Balaban J connectivity index is 2.21. The lowest BCUT2D eigenvalue weighted by Crippen LogP contribution is -2.59. The first-order valence-electron chi connectivity index (χ1n) is 21.6. The fraction of sp³-hybridized carbons (Fsp3) is 0.976. The van der Waals surface area contributed by atoms with E-state index in [0.717, 1.165) is 32.1 Å².